The Morgan fingerprint density at radius 2 is 1.79 bits per heavy atom. The number of hydrogen-bond donors (Lipinski definition) is 1. The lowest BCUT2D eigenvalue weighted by Crippen LogP contribution is -2.49. The average molecular weight is 395 g/mol. The van der Waals surface area contributed by atoms with E-state index >= 15 is 0 Å². The van der Waals surface area contributed by atoms with E-state index in [2.05, 4.69) is 45.8 Å². The van der Waals surface area contributed by atoms with Crippen molar-refractivity contribution in [3.05, 3.63) is 47.7 Å². The monoisotopic (exact) mass is 394 g/mol. The molecule has 3 aliphatic rings. The molecular weight excluding hydrogens is 364 g/mol. The molecule has 6 heteroatoms. The van der Waals surface area contributed by atoms with Crippen molar-refractivity contribution in [3.8, 4) is 0 Å². The fourth-order valence-corrected chi connectivity index (χ4v) is 5.17. The second kappa shape index (κ2) is 8.27. The van der Waals surface area contributed by atoms with Gasteiger partial charge in [0.15, 0.2) is 0 Å². The van der Waals surface area contributed by atoms with Gasteiger partial charge in [-0.3, -0.25) is 4.79 Å². The first-order chi connectivity index (χ1) is 14.3. The predicted molar refractivity (Wildman–Crippen MR) is 109 cm³/mol. The molecule has 1 aromatic heterocycles. The fourth-order valence-electron chi connectivity index (χ4n) is 5.17. The van der Waals surface area contributed by atoms with Crippen LogP contribution in [0.2, 0.25) is 0 Å². The second-order valence-electron chi connectivity index (χ2n) is 8.92. The number of likely N-dealkylation sites (tertiary alicyclic amines) is 1. The predicted octanol–water partition coefficient (Wildman–Crippen LogP) is 3.78. The van der Waals surface area contributed by atoms with Crippen molar-refractivity contribution in [2.75, 3.05) is 19.6 Å². The van der Waals surface area contributed by atoms with Crippen molar-refractivity contribution in [2.24, 2.45) is 5.92 Å². The highest BCUT2D eigenvalue weighted by molar-refractivity contribution is 5.77. The second-order valence-corrected chi connectivity index (χ2v) is 8.92. The SMILES string of the molecule is O=C(CC1CCCC1)N1CC(c2nnc([C@@H]3NCCC[C@@H]3c3ccccc3)o2)C1. The van der Waals surface area contributed by atoms with Crippen molar-refractivity contribution in [1.29, 1.82) is 0 Å². The number of carbonyl (C=O) groups is 1. The minimum absolute atomic E-state index is 0.0626. The van der Waals surface area contributed by atoms with Crippen molar-refractivity contribution in [1.82, 2.24) is 20.4 Å². The number of piperidine rings is 1. The highest BCUT2D eigenvalue weighted by atomic mass is 16.4. The summed E-state index contributed by atoms with van der Waals surface area (Å²) in [6.07, 6.45) is 7.98. The Hall–Kier alpha value is -2.21. The minimum Gasteiger partial charge on any atom is -0.423 e. The van der Waals surface area contributed by atoms with Gasteiger partial charge in [-0.2, -0.15) is 0 Å². The molecule has 1 saturated carbocycles. The Balaban J connectivity index is 1.21. The zero-order valence-corrected chi connectivity index (χ0v) is 16.9. The van der Waals surface area contributed by atoms with Crippen LogP contribution in [-0.2, 0) is 4.79 Å². The van der Waals surface area contributed by atoms with E-state index in [0.717, 1.165) is 19.4 Å². The summed E-state index contributed by atoms with van der Waals surface area (Å²) in [4.78, 5) is 14.4. The van der Waals surface area contributed by atoms with Crippen LogP contribution in [0, 0.1) is 5.92 Å². The maximum absolute atomic E-state index is 12.5. The quantitative estimate of drug-likeness (QED) is 0.836. The lowest BCUT2D eigenvalue weighted by Gasteiger charge is -2.37. The Morgan fingerprint density at radius 3 is 2.59 bits per heavy atom. The van der Waals surface area contributed by atoms with Gasteiger partial charge < -0.3 is 14.6 Å². The third-order valence-corrected chi connectivity index (χ3v) is 6.93. The summed E-state index contributed by atoms with van der Waals surface area (Å²) in [7, 11) is 0. The van der Waals surface area contributed by atoms with Crippen molar-refractivity contribution in [2.45, 2.75) is 62.8 Å². The number of amides is 1. The van der Waals surface area contributed by atoms with Gasteiger partial charge in [-0.25, -0.2) is 0 Å². The zero-order valence-electron chi connectivity index (χ0n) is 16.9. The lowest BCUT2D eigenvalue weighted by atomic mass is 9.85. The molecule has 2 aromatic rings. The number of rotatable bonds is 5. The smallest absolute Gasteiger partial charge is 0.234 e. The number of aromatic nitrogens is 2. The largest absolute Gasteiger partial charge is 0.423 e. The van der Waals surface area contributed by atoms with Crippen molar-refractivity contribution < 1.29 is 9.21 Å². The number of nitrogens with one attached hydrogen (secondary N) is 1. The fraction of sp³-hybridized carbons (Fsp3) is 0.609. The molecule has 6 nitrogen and oxygen atoms in total. The van der Waals surface area contributed by atoms with E-state index < -0.39 is 0 Å². The van der Waals surface area contributed by atoms with E-state index in [1.54, 1.807) is 0 Å². The lowest BCUT2D eigenvalue weighted by molar-refractivity contribution is -0.136. The molecule has 1 aliphatic carbocycles. The van der Waals surface area contributed by atoms with Crippen molar-refractivity contribution >= 4 is 5.91 Å². The molecule has 5 rings (SSSR count). The van der Waals surface area contributed by atoms with E-state index in [4.69, 9.17) is 4.42 Å². The molecular formula is C23H30N4O2. The first-order valence-corrected chi connectivity index (χ1v) is 11.2. The molecule has 2 saturated heterocycles. The van der Waals surface area contributed by atoms with Crippen LogP contribution in [-0.4, -0.2) is 40.6 Å². The van der Waals surface area contributed by atoms with Gasteiger partial charge in [-0.05, 0) is 43.7 Å². The number of nitrogens with zero attached hydrogens (tertiary/aromatic N) is 3. The van der Waals surface area contributed by atoms with Gasteiger partial charge in [0.1, 0.15) is 0 Å². The number of carbonyl (C=O) groups excluding carboxylic acids is 1. The highest BCUT2D eigenvalue weighted by Gasteiger charge is 2.38. The van der Waals surface area contributed by atoms with Gasteiger partial charge in [0, 0.05) is 25.4 Å². The summed E-state index contributed by atoms with van der Waals surface area (Å²) in [5.41, 5.74) is 1.32. The molecule has 3 fully saturated rings. The maximum atomic E-state index is 12.5. The highest BCUT2D eigenvalue weighted by Crippen LogP contribution is 2.38. The number of hydrogen-bond acceptors (Lipinski definition) is 5. The molecule has 2 atom stereocenters. The van der Waals surface area contributed by atoms with Gasteiger partial charge in [0.05, 0.1) is 12.0 Å². The summed E-state index contributed by atoms with van der Waals surface area (Å²) in [6, 6.07) is 10.7. The van der Waals surface area contributed by atoms with Gasteiger partial charge in [-0.1, -0.05) is 43.2 Å². The van der Waals surface area contributed by atoms with Crippen LogP contribution < -0.4 is 5.32 Å². The first kappa shape index (κ1) is 18.8. The normalized spacial score (nSPS) is 25.9. The van der Waals surface area contributed by atoms with Crippen LogP contribution in [0.5, 0.6) is 0 Å². The van der Waals surface area contributed by atoms with Crippen LogP contribution >= 0.6 is 0 Å². The molecule has 0 bridgehead atoms. The first-order valence-electron chi connectivity index (χ1n) is 11.2. The summed E-state index contributed by atoms with van der Waals surface area (Å²) in [5, 5.41) is 12.3. The van der Waals surface area contributed by atoms with E-state index in [9.17, 15) is 4.79 Å². The minimum atomic E-state index is 0.0626. The molecule has 29 heavy (non-hydrogen) atoms. The van der Waals surface area contributed by atoms with Crippen molar-refractivity contribution in [3.63, 3.8) is 0 Å². The van der Waals surface area contributed by atoms with Gasteiger partial charge in [0.2, 0.25) is 17.7 Å². The van der Waals surface area contributed by atoms with E-state index in [-0.39, 0.29) is 12.0 Å². The number of benzene rings is 1. The molecule has 2 aliphatic heterocycles. The molecule has 0 radical (unpaired) electrons. The summed E-state index contributed by atoms with van der Waals surface area (Å²) in [5.74, 6) is 2.80. The van der Waals surface area contributed by atoms with Crippen LogP contribution in [0.15, 0.2) is 34.7 Å². The van der Waals surface area contributed by atoms with Gasteiger partial charge in [-0.15, -0.1) is 10.2 Å². The third kappa shape index (κ3) is 3.95. The Bertz CT molecular complexity index is 824. The topological polar surface area (TPSA) is 71.3 Å². The van der Waals surface area contributed by atoms with Gasteiger partial charge >= 0.3 is 0 Å². The molecule has 1 N–H and O–H groups in total. The van der Waals surface area contributed by atoms with Crippen LogP contribution in [0.1, 0.15) is 80.2 Å². The average Bonchev–Trinajstić information content (AvgIpc) is 3.40. The van der Waals surface area contributed by atoms with E-state index in [1.807, 2.05) is 4.90 Å². The molecule has 1 amide bonds. The zero-order chi connectivity index (χ0) is 19.6. The molecule has 154 valence electrons. The van der Waals surface area contributed by atoms with E-state index in [0.29, 0.717) is 49.0 Å². The van der Waals surface area contributed by atoms with Gasteiger partial charge in [0.25, 0.3) is 0 Å². The Kier molecular flexibility index (Phi) is 5.36. The van der Waals surface area contributed by atoms with Crippen LogP contribution in [0.3, 0.4) is 0 Å². The van der Waals surface area contributed by atoms with Crippen LogP contribution in [0.4, 0.5) is 0 Å². The third-order valence-electron chi connectivity index (χ3n) is 6.93. The Labute approximate surface area is 172 Å². The summed E-state index contributed by atoms with van der Waals surface area (Å²) < 4.78 is 6.12. The standard InChI is InChI=1S/C23H30N4O2/c28-20(13-16-7-4-5-8-16)27-14-18(15-27)22-25-26-23(29-22)21-19(11-6-12-24-21)17-9-2-1-3-10-17/h1-3,9-10,16,18-19,21,24H,4-8,11-15H2/t19-,21-/m1/s1. The summed E-state index contributed by atoms with van der Waals surface area (Å²) >= 11 is 0. The Morgan fingerprint density at radius 1 is 1.03 bits per heavy atom. The molecule has 0 spiro atoms. The molecule has 3 heterocycles. The molecule has 0 unspecified atom stereocenters. The summed E-state index contributed by atoms with van der Waals surface area (Å²) in [6.45, 7) is 2.40. The maximum Gasteiger partial charge on any atom is 0.234 e. The van der Waals surface area contributed by atoms with Crippen LogP contribution in [0.25, 0.3) is 0 Å². The molecule has 1 aromatic carbocycles. The van der Waals surface area contributed by atoms with E-state index in [1.165, 1.54) is 31.2 Å².